The van der Waals surface area contributed by atoms with Crippen LogP contribution in [0.25, 0.3) is 33.6 Å². The van der Waals surface area contributed by atoms with Crippen LogP contribution in [0.3, 0.4) is 0 Å². The minimum atomic E-state index is -0.300. The van der Waals surface area contributed by atoms with Crippen LogP contribution >= 0.6 is 11.8 Å². The fourth-order valence-electron chi connectivity index (χ4n) is 3.76. The smallest absolute Gasteiger partial charge is 0.256 e. The molecular formula is C28H21FN4OS. The Morgan fingerprint density at radius 2 is 1.54 bits per heavy atom. The first-order chi connectivity index (χ1) is 17.1. The first-order valence-electron chi connectivity index (χ1n) is 10.9. The van der Waals surface area contributed by atoms with Crippen molar-refractivity contribution < 1.29 is 9.18 Å². The minimum Gasteiger partial charge on any atom is -0.332 e. The second kappa shape index (κ2) is 9.95. The average Bonchev–Trinajstić information content (AvgIpc) is 3.35. The van der Waals surface area contributed by atoms with Gasteiger partial charge < -0.3 is 10.3 Å². The largest absolute Gasteiger partial charge is 0.332 e. The molecular weight excluding hydrogens is 459 g/mol. The van der Waals surface area contributed by atoms with Gasteiger partial charge in [-0.3, -0.25) is 4.79 Å². The van der Waals surface area contributed by atoms with Crippen molar-refractivity contribution in [2.45, 2.75) is 5.16 Å². The minimum absolute atomic E-state index is 0.250. The fraction of sp³-hybridized carbons (Fsp3) is 0.0357. The highest BCUT2D eigenvalue weighted by molar-refractivity contribution is 7.98. The quantitative estimate of drug-likeness (QED) is 0.259. The average molecular weight is 481 g/mol. The van der Waals surface area contributed by atoms with Crippen molar-refractivity contribution in [3.05, 3.63) is 109 Å². The summed E-state index contributed by atoms with van der Waals surface area (Å²) < 4.78 is 13.4. The van der Waals surface area contributed by atoms with Gasteiger partial charge in [0.25, 0.3) is 5.91 Å². The highest BCUT2D eigenvalue weighted by Crippen LogP contribution is 2.33. The summed E-state index contributed by atoms with van der Waals surface area (Å²) in [5, 5.41) is 3.61. The third-order valence-electron chi connectivity index (χ3n) is 5.54. The molecule has 35 heavy (non-hydrogen) atoms. The summed E-state index contributed by atoms with van der Waals surface area (Å²) in [6.45, 7) is 0. The monoisotopic (exact) mass is 480 g/mol. The Labute approximate surface area is 206 Å². The number of rotatable bonds is 6. The van der Waals surface area contributed by atoms with Gasteiger partial charge in [-0.1, -0.05) is 54.2 Å². The zero-order valence-corrected chi connectivity index (χ0v) is 19.6. The Morgan fingerprint density at radius 3 is 2.26 bits per heavy atom. The number of carbonyl (C=O) groups is 1. The maximum Gasteiger partial charge on any atom is 0.256 e. The molecule has 2 aromatic heterocycles. The van der Waals surface area contributed by atoms with Crippen LogP contribution in [0.15, 0.2) is 102 Å². The van der Waals surface area contributed by atoms with Crippen LogP contribution < -0.4 is 5.32 Å². The van der Waals surface area contributed by atoms with E-state index in [4.69, 9.17) is 0 Å². The standard InChI is InChI=1S/C28H21FN4OS/c1-35-28-32-25(20-11-13-23(29)14-12-20)26(33-28)22-15-16-30-24(17-22)31-27(34)21-9-7-19(8-10-21)18-5-3-2-4-6-18/h2-17H,1H3,(H,32,33)(H,30,31,34). The van der Waals surface area contributed by atoms with Gasteiger partial charge in [0.05, 0.1) is 11.4 Å². The first-order valence-corrected chi connectivity index (χ1v) is 12.2. The van der Waals surface area contributed by atoms with Crippen LogP contribution in [0.1, 0.15) is 10.4 Å². The number of benzene rings is 3. The zero-order valence-electron chi connectivity index (χ0n) is 18.8. The molecule has 3 aromatic carbocycles. The maximum absolute atomic E-state index is 13.4. The van der Waals surface area contributed by atoms with E-state index in [0.717, 1.165) is 33.1 Å². The van der Waals surface area contributed by atoms with Gasteiger partial charge in [-0.2, -0.15) is 0 Å². The third kappa shape index (κ3) is 5.00. The lowest BCUT2D eigenvalue weighted by molar-refractivity contribution is 0.102. The van der Waals surface area contributed by atoms with Crippen LogP contribution in [-0.2, 0) is 0 Å². The van der Waals surface area contributed by atoms with E-state index >= 15 is 0 Å². The summed E-state index contributed by atoms with van der Waals surface area (Å²) in [6, 6.07) is 27.3. The van der Waals surface area contributed by atoms with Crippen LogP contribution in [0.4, 0.5) is 10.2 Å². The van der Waals surface area contributed by atoms with Gasteiger partial charge in [0.2, 0.25) is 0 Å². The Morgan fingerprint density at radius 1 is 0.857 bits per heavy atom. The van der Waals surface area contributed by atoms with E-state index in [2.05, 4.69) is 20.3 Å². The Kier molecular flexibility index (Phi) is 6.41. The molecule has 0 bridgehead atoms. The molecule has 1 amide bonds. The van der Waals surface area contributed by atoms with Crippen LogP contribution in [0.2, 0.25) is 0 Å². The maximum atomic E-state index is 13.4. The summed E-state index contributed by atoms with van der Waals surface area (Å²) in [5.41, 5.74) is 5.74. The number of imidazole rings is 1. The number of aromatic amines is 1. The van der Waals surface area contributed by atoms with Gasteiger partial charge in [-0.15, -0.1) is 0 Å². The van der Waals surface area contributed by atoms with Crippen molar-refractivity contribution in [1.29, 1.82) is 0 Å². The third-order valence-corrected chi connectivity index (χ3v) is 6.12. The zero-order chi connectivity index (χ0) is 24.2. The Balaban J connectivity index is 1.39. The number of thioether (sulfide) groups is 1. The number of nitrogens with one attached hydrogen (secondary N) is 2. The highest BCUT2D eigenvalue weighted by atomic mass is 32.2. The predicted octanol–water partition coefficient (Wildman–Crippen LogP) is 6.92. The number of anilines is 1. The Bertz CT molecular complexity index is 1470. The van der Waals surface area contributed by atoms with Crippen molar-refractivity contribution >= 4 is 23.5 Å². The van der Waals surface area contributed by atoms with Crippen molar-refractivity contribution in [3.8, 4) is 33.6 Å². The molecule has 0 atom stereocenters. The van der Waals surface area contributed by atoms with E-state index in [1.165, 1.54) is 23.9 Å². The van der Waals surface area contributed by atoms with Crippen molar-refractivity contribution in [1.82, 2.24) is 15.0 Å². The molecule has 0 saturated heterocycles. The fourth-order valence-corrected chi connectivity index (χ4v) is 4.15. The highest BCUT2D eigenvalue weighted by Gasteiger charge is 2.16. The van der Waals surface area contributed by atoms with Gasteiger partial charge in [0.15, 0.2) is 5.16 Å². The molecule has 0 saturated carbocycles. The Hall–Kier alpha value is -4.23. The van der Waals surface area contributed by atoms with E-state index in [0.29, 0.717) is 17.1 Å². The number of nitrogens with zero attached hydrogens (tertiary/aromatic N) is 2. The number of H-pyrrole nitrogens is 1. The van der Waals surface area contributed by atoms with Gasteiger partial charge in [-0.05, 0) is 65.9 Å². The van der Waals surface area contributed by atoms with E-state index < -0.39 is 0 Å². The lowest BCUT2D eigenvalue weighted by Crippen LogP contribution is -2.12. The van der Waals surface area contributed by atoms with E-state index in [1.54, 1.807) is 36.5 Å². The van der Waals surface area contributed by atoms with Crippen molar-refractivity contribution in [2.75, 3.05) is 11.6 Å². The predicted molar refractivity (Wildman–Crippen MR) is 139 cm³/mol. The molecule has 2 N–H and O–H groups in total. The van der Waals surface area contributed by atoms with Gasteiger partial charge in [0, 0.05) is 22.9 Å². The molecule has 0 aliphatic rings. The molecule has 172 valence electrons. The number of hydrogen-bond donors (Lipinski definition) is 2. The molecule has 0 aliphatic carbocycles. The molecule has 0 aliphatic heterocycles. The SMILES string of the molecule is CSc1nc(-c2ccnc(NC(=O)c3ccc(-c4ccccc4)cc3)c2)c(-c2ccc(F)cc2)[nH]1. The number of carbonyl (C=O) groups excluding carboxylic acids is 1. The van der Waals surface area contributed by atoms with Crippen LogP contribution in [-0.4, -0.2) is 27.1 Å². The number of halogens is 1. The van der Waals surface area contributed by atoms with Crippen LogP contribution in [0.5, 0.6) is 0 Å². The summed E-state index contributed by atoms with van der Waals surface area (Å²) in [6.07, 6.45) is 3.56. The molecule has 5 nitrogen and oxygen atoms in total. The van der Waals surface area contributed by atoms with Gasteiger partial charge in [0.1, 0.15) is 11.6 Å². The number of aromatic nitrogens is 3. The summed E-state index contributed by atoms with van der Waals surface area (Å²) in [4.78, 5) is 25.2. The van der Waals surface area contributed by atoms with Gasteiger partial charge >= 0.3 is 0 Å². The number of hydrogen-bond acceptors (Lipinski definition) is 4. The molecule has 5 rings (SSSR count). The molecule has 5 aromatic rings. The molecule has 0 radical (unpaired) electrons. The van der Waals surface area contributed by atoms with E-state index in [9.17, 15) is 9.18 Å². The second-order valence-corrected chi connectivity index (χ2v) is 8.60. The lowest BCUT2D eigenvalue weighted by Gasteiger charge is -2.08. The van der Waals surface area contributed by atoms with E-state index in [1.807, 2.05) is 54.8 Å². The summed E-state index contributed by atoms with van der Waals surface area (Å²) in [7, 11) is 0. The molecule has 0 spiro atoms. The van der Waals surface area contributed by atoms with E-state index in [-0.39, 0.29) is 11.7 Å². The molecule has 0 fully saturated rings. The number of pyridine rings is 1. The molecule has 2 heterocycles. The second-order valence-electron chi connectivity index (χ2n) is 7.80. The topological polar surface area (TPSA) is 70.7 Å². The van der Waals surface area contributed by atoms with Crippen molar-refractivity contribution in [2.24, 2.45) is 0 Å². The number of amides is 1. The lowest BCUT2D eigenvalue weighted by atomic mass is 10.0. The normalized spacial score (nSPS) is 10.8. The molecule has 7 heteroatoms. The first kappa shape index (κ1) is 22.6. The van der Waals surface area contributed by atoms with Crippen LogP contribution in [0, 0.1) is 5.82 Å². The van der Waals surface area contributed by atoms with Crippen molar-refractivity contribution in [3.63, 3.8) is 0 Å². The molecule has 0 unspecified atom stereocenters. The summed E-state index contributed by atoms with van der Waals surface area (Å²) in [5.74, 6) is -0.135. The van der Waals surface area contributed by atoms with Gasteiger partial charge in [-0.25, -0.2) is 14.4 Å². The summed E-state index contributed by atoms with van der Waals surface area (Å²) >= 11 is 1.48.